The van der Waals surface area contributed by atoms with Gasteiger partial charge in [0, 0.05) is 13.1 Å². The highest BCUT2D eigenvalue weighted by atomic mass is 15.2. The summed E-state index contributed by atoms with van der Waals surface area (Å²) in [5, 5.41) is 0. The zero-order valence-electron chi connectivity index (χ0n) is 8.71. The summed E-state index contributed by atoms with van der Waals surface area (Å²) in [7, 11) is 0. The van der Waals surface area contributed by atoms with Crippen LogP contribution < -0.4 is 5.73 Å². The number of nitrogens with zero attached hydrogens (tertiary/aromatic N) is 1. The van der Waals surface area contributed by atoms with E-state index in [2.05, 4.69) is 18.4 Å². The molecule has 1 heterocycles. The molecule has 74 valence electrons. The molecule has 1 aliphatic rings. The van der Waals surface area contributed by atoms with Crippen molar-refractivity contribution in [3.05, 3.63) is 24.0 Å². The molecule has 0 atom stereocenters. The van der Waals surface area contributed by atoms with E-state index in [0.717, 1.165) is 30.4 Å². The Kier molecular flexibility index (Phi) is 3.40. The van der Waals surface area contributed by atoms with E-state index in [1.165, 1.54) is 12.8 Å². The fourth-order valence-corrected chi connectivity index (χ4v) is 1.61. The maximum atomic E-state index is 5.92. The number of piperidine rings is 1. The third-order valence-corrected chi connectivity index (χ3v) is 2.54. The average molecular weight is 180 g/mol. The summed E-state index contributed by atoms with van der Waals surface area (Å²) < 4.78 is 0. The summed E-state index contributed by atoms with van der Waals surface area (Å²) in [6.07, 6.45) is 4.46. The maximum Gasteiger partial charge on any atom is 0.0988 e. The van der Waals surface area contributed by atoms with Crippen LogP contribution in [0.1, 0.15) is 26.7 Å². The van der Waals surface area contributed by atoms with Crippen LogP contribution >= 0.6 is 0 Å². The Morgan fingerprint density at radius 1 is 1.46 bits per heavy atom. The first kappa shape index (κ1) is 10.2. The van der Waals surface area contributed by atoms with Crippen LogP contribution in [0, 0.1) is 5.92 Å². The molecule has 0 radical (unpaired) electrons. The molecule has 0 amide bonds. The van der Waals surface area contributed by atoms with Crippen molar-refractivity contribution in [2.45, 2.75) is 26.7 Å². The molecule has 0 spiro atoms. The SMILES string of the molecule is C=C(C)/C=C(\N)N1CCC(C)CC1. The van der Waals surface area contributed by atoms with Crippen molar-refractivity contribution in [1.29, 1.82) is 0 Å². The van der Waals surface area contributed by atoms with Gasteiger partial charge in [-0.25, -0.2) is 0 Å². The molecule has 0 aromatic carbocycles. The number of likely N-dealkylation sites (tertiary alicyclic amines) is 1. The third-order valence-electron chi connectivity index (χ3n) is 2.54. The van der Waals surface area contributed by atoms with Crippen LogP contribution in [0.2, 0.25) is 0 Å². The first-order valence-corrected chi connectivity index (χ1v) is 4.97. The maximum absolute atomic E-state index is 5.92. The second-order valence-corrected chi connectivity index (χ2v) is 4.09. The van der Waals surface area contributed by atoms with Gasteiger partial charge >= 0.3 is 0 Å². The monoisotopic (exact) mass is 180 g/mol. The minimum Gasteiger partial charge on any atom is -0.385 e. The molecule has 2 N–H and O–H groups in total. The highest BCUT2D eigenvalue weighted by Crippen LogP contribution is 2.18. The van der Waals surface area contributed by atoms with Gasteiger partial charge in [-0.1, -0.05) is 19.1 Å². The van der Waals surface area contributed by atoms with Crippen LogP contribution in [0.3, 0.4) is 0 Å². The molecule has 2 heteroatoms. The fraction of sp³-hybridized carbons (Fsp3) is 0.636. The quantitative estimate of drug-likeness (QED) is 0.659. The second-order valence-electron chi connectivity index (χ2n) is 4.09. The van der Waals surface area contributed by atoms with Crippen LogP contribution in [0.5, 0.6) is 0 Å². The normalized spacial score (nSPS) is 20.5. The van der Waals surface area contributed by atoms with Crippen molar-refractivity contribution in [2.24, 2.45) is 11.7 Å². The predicted octanol–water partition coefficient (Wildman–Crippen LogP) is 2.09. The van der Waals surface area contributed by atoms with Crippen LogP contribution in [0.4, 0.5) is 0 Å². The van der Waals surface area contributed by atoms with Gasteiger partial charge < -0.3 is 10.6 Å². The lowest BCUT2D eigenvalue weighted by Gasteiger charge is -2.32. The van der Waals surface area contributed by atoms with Crippen LogP contribution in [-0.4, -0.2) is 18.0 Å². The number of hydrogen-bond donors (Lipinski definition) is 1. The van der Waals surface area contributed by atoms with Gasteiger partial charge in [0.25, 0.3) is 0 Å². The van der Waals surface area contributed by atoms with E-state index < -0.39 is 0 Å². The van der Waals surface area contributed by atoms with Gasteiger partial charge in [0.05, 0.1) is 5.82 Å². The second kappa shape index (κ2) is 4.35. The molecule has 1 saturated heterocycles. The summed E-state index contributed by atoms with van der Waals surface area (Å²) in [5.74, 6) is 1.73. The summed E-state index contributed by atoms with van der Waals surface area (Å²) in [6, 6.07) is 0. The molecule has 1 fully saturated rings. The van der Waals surface area contributed by atoms with Crippen LogP contribution in [-0.2, 0) is 0 Å². The van der Waals surface area contributed by atoms with E-state index in [-0.39, 0.29) is 0 Å². The summed E-state index contributed by atoms with van der Waals surface area (Å²) >= 11 is 0. The van der Waals surface area contributed by atoms with Crippen molar-refractivity contribution in [3.63, 3.8) is 0 Å². The van der Waals surface area contributed by atoms with Gasteiger partial charge in [-0.3, -0.25) is 0 Å². The molecule has 0 bridgehead atoms. The Balaban J connectivity index is 2.49. The highest BCUT2D eigenvalue weighted by Gasteiger charge is 2.15. The van der Waals surface area contributed by atoms with E-state index in [1.54, 1.807) is 0 Å². The third kappa shape index (κ3) is 3.13. The van der Waals surface area contributed by atoms with E-state index >= 15 is 0 Å². The lowest BCUT2D eigenvalue weighted by molar-refractivity contribution is 0.235. The first-order valence-electron chi connectivity index (χ1n) is 4.97. The van der Waals surface area contributed by atoms with E-state index in [1.807, 2.05) is 13.0 Å². The van der Waals surface area contributed by atoms with E-state index in [0.29, 0.717) is 0 Å². The molecule has 0 saturated carbocycles. The zero-order valence-corrected chi connectivity index (χ0v) is 8.71. The number of nitrogens with two attached hydrogens (primary N) is 1. The average Bonchev–Trinajstić information content (AvgIpc) is 2.04. The Morgan fingerprint density at radius 2 is 2.00 bits per heavy atom. The minimum absolute atomic E-state index is 0.855. The van der Waals surface area contributed by atoms with Crippen molar-refractivity contribution in [2.75, 3.05) is 13.1 Å². The van der Waals surface area contributed by atoms with E-state index in [9.17, 15) is 0 Å². The van der Waals surface area contributed by atoms with Crippen LogP contribution in [0.15, 0.2) is 24.0 Å². The lowest BCUT2D eigenvalue weighted by Crippen LogP contribution is -2.35. The minimum atomic E-state index is 0.855. The number of rotatable bonds is 2. The first-order chi connectivity index (χ1) is 6.09. The lowest BCUT2D eigenvalue weighted by atomic mass is 9.99. The topological polar surface area (TPSA) is 29.3 Å². The molecule has 2 nitrogen and oxygen atoms in total. The van der Waals surface area contributed by atoms with Gasteiger partial charge in [0.15, 0.2) is 0 Å². The predicted molar refractivity (Wildman–Crippen MR) is 57.1 cm³/mol. The number of allylic oxidation sites excluding steroid dienone is 2. The largest absolute Gasteiger partial charge is 0.385 e. The fourth-order valence-electron chi connectivity index (χ4n) is 1.61. The molecule has 13 heavy (non-hydrogen) atoms. The number of hydrogen-bond acceptors (Lipinski definition) is 2. The molecule has 0 unspecified atom stereocenters. The van der Waals surface area contributed by atoms with Crippen molar-refractivity contribution >= 4 is 0 Å². The van der Waals surface area contributed by atoms with Gasteiger partial charge in [-0.2, -0.15) is 0 Å². The van der Waals surface area contributed by atoms with Crippen molar-refractivity contribution < 1.29 is 0 Å². The Bertz CT molecular complexity index is 210. The standard InChI is InChI=1S/C11H20N2/c1-9(2)8-11(12)13-6-4-10(3)5-7-13/h8,10H,1,4-7,12H2,2-3H3/b11-8+. The van der Waals surface area contributed by atoms with Crippen molar-refractivity contribution in [1.82, 2.24) is 4.90 Å². The molecule has 1 aliphatic heterocycles. The summed E-state index contributed by atoms with van der Waals surface area (Å²) in [5.41, 5.74) is 6.95. The van der Waals surface area contributed by atoms with Gasteiger partial charge in [0.2, 0.25) is 0 Å². The highest BCUT2D eigenvalue weighted by molar-refractivity contribution is 5.16. The zero-order chi connectivity index (χ0) is 9.84. The Morgan fingerprint density at radius 3 is 2.46 bits per heavy atom. The van der Waals surface area contributed by atoms with Gasteiger partial charge in [0.1, 0.15) is 0 Å². The molecular formula is C11H20N2. The molecular weight excluding hydrogens is 160 g/mol. The molecule has 1 rings (SSSR count). The van der Waals surface area contributed by atoms with Crippen molar-refractivity contribution in [3.8, 4) is 0 Å². The summed E-state index contributed by atoms with van der Waals surface area (Å²) in [6.45, 7) is 10.3. The summed E-state index contributed by atoms with van der Waals surface area (Å²) in [4.78, 5) is 2.24. The molecule has 0 aliphatic carbocycles. The molecule has 0 aromatic rings. The Labute approximate surface area is 81.1 Å². The van der Waals surface area contributed by atoms with Gasteiger partial charge in [-0.15, -0.1) is 0 Å². The van der Waals surface area contributed by atoms with E-state index in [4.69, 9.17) is 5.73 Å². The Hall–Kier alpha value is -0.920. The molecule has 0 aromatic heterocycles. The smallest absolute Gasteiger partial charge is 0.0988 e. The van der Waals surface area contributed by atoms with Crippen LogP contribution in [0.25, 0.3) is 0 Å². The van der Waals surface area contributed by atoms with Gasteiger partial charge in [-0.05, 0) is 31.8 Å².